The van der Waals surface area contributed by atoms with Gasteiger partial charge >= 0.3 is 0 Å². The maximum absolute atomic E-state index is 11.4. The second-order valence-corrected chi connectivity index (χ2v) is 5.65. The molecule has 0 spiro atoms. The molecule has 2 aromatic carbocycles. The maximum atomic E-state index is 11.4. The molecule has 1 atom stereocenters. The number of ether oxygens (including phenoxy) is 2. The van der Waals surface area contributed by atoms with Crippen LogP contribution in [-0.2, 0) is 6.54 Å². The highest BCUT2D eigenvalue weighted by Gasteiger charge is 2.13. The third-order valence-corrected chi connectivity index (χ3v) is 3.81. The zero-order valence-corrected chi connectivity index (χ0v) is 14.0. The number of carbonyl (C=O) groups is 1. The summed E-state index contributed by atoms with van der Waals surface area (Å²) in [5.74, 6) is 0.865. The van der Waals surface area contributed by atoms with Crippen LogP contribution in [0, 0.1) is 0 Å². The first kappa shape index (κ1) is 16.9. The molecule has 0 aliphatic carbocycles. The molecule has 1 aromatic heterocycles. The van der Waals surface area contributed by atoms with Crippen LogP contribution >= 0.6 is 0 Å². The number of ketones is 1. The quantitative estimate of drug-likeness (QED) is 0.662. The molecular formula is C18H19N3O4. The summed E-state index contributed by atoms with van der Waals surface area (Å²) in [7, 11) is 1.50. The van der Waals surface area contributed by atoms with Gasteiger partial charge in [0, 0.05) is 5.56 Å². The van der Waals surface area contributed by atoms with Crippen LogP contribution in [-0.4, -0.2) is 45.7 Å². The molecule has 0 saturated heterocycles. The minimum Gasteiger partial charge on any atom is -0.493 e. The molecule has 0 saturated carbocycles. The molecule has 0 amide bonds. The normalized spacial score (nSPS) is 12.1. The summed E-state index contributed by atoms with van der Waals surface area (Å²) in [6.07, 6.45) is -0.776. The van der Waals surface area contributed by atoms with Crippen LogP contribution in [0.25, 0.3) is 11.0 Å². The lowest BCUT2D eigenvalue weighted by atomic mass is 10.1. The number of benzene rings is 2. The van der Waals surface area contributed by atoms with Crippen LogP contribution in [0.4, 0.5) is 0 Å². The number of fused-ring (bicyclic) bond motifs is 1. The zero-order valence-electron chi connectivity index (χ0n) is 14.0. The molecule has 1 N–H and O–H groups in total. The third-order valence-electron chi connectivity index (χ3n) is 3.81. The molecule has 3 rings (SSSR count). The molecule has 7 nitrogen and oxygen atoms in total. The van der Waals surface area contributed by atoms with E-state index < -0.39 is 6.10 Å². The Hall–Kier alpha value is -2.93. The fraction of sp³-hybridized carbons (Fsp3) is 0.278. The number of para-hydroxylation sites is 1. The Morgan fingerprint density at radius 3 is 2.80 bits per heavy atom. The molecule has 130 valence electrons. The fourth-order valence-electron chi connectivity index (χ4n) is 2.50. The summed E-state index contributed by atoms with van der Waals surface area (Å²) in [6, 6.07) is 12.5. The van der Waals surface area contributed by atoms with Crippen molar-refractivity contribution < 1.29 is 19.4 Å². The SMILES string of the molecule is COc1cc(C(C)=O)ccc1OC[C@@H](O)Cn1nnc2ccccc21. The molecule has 0 aliphatic rings. The van der Waals surface area contributed by atoms with Gasteiger partial charge in [0.05, 0.1) is 19.2 Å². The van der Waals surface area contributed by atoms with Crippen molar-refractivity contribution in [1.82, 2.24) is 15.0 Å². The Bertz CT molecular complexity index is 891. The number of carbonyl (C=O) groups excluding carboxylic acids is 1. The number of methoxy groups -OCH3 is 1. The lowest BCUT2D eigenvalue weighted by molar-refractivity contribution is 0.0884. The van der Waals surface area contributed by atoms with E-state index in [4.69, 9.17) is 9.47 Å². The van der Waals surface area contributed by atoms with E-state index in [9.17, 15) is 9.90 Å². The van der Waals surface area contributed by atoms with Crippen LogP contribution in [0.3, 0.4) is 0 Å². The molecular weight excluding hydrogens is 322 g/mol. The van der Waals surface area contributed by atoms with E-state index in [0.717, 1.165) is 11.0 Å². The van der Waals surface area contributed by atoms with E-state index in [2.05, 4.69) is 10.3 Å². The standard InChI is InChI=1S/C18H19N3O4/c1-12(22)13-7-8-17(18(9-13)24-2)25-11-14(23)10-21-16-6-4-3-5-15(16)19-20-21/h3-9,14,23H,10-11H2,1-2H3/t14-/m0/s1. The molecule has 1 heterocycles. The molecule has 0 aliphatic heterocycles. The zero-order chi connectivity index (χ0) is 17.8. The van der Waals surface area contributed by atoms with Gasteiger partial charge in [-0.2, -0.15) is 0 Å². The van der Waals surface area contributed by atoms with Crippen LogP contribution in [0.2, 0.25) is 0 Å². The highest BCUT2D eigenvalue weighted by atomic mass is 16.5. The highest BCUT2D eigenvalue weighted by molar-refractivity contribution is 5.94. The first-order chi connectivity index (χ1) is 12.1. The number of aliphatic hydroxyl groups is 1. The van der Waals surface area contributed by atoms with Crippen LogP contribution in [0.5, 0.6) is 11.5 Å². The van der Waals surface area contributed by atoms with Gasteiger partial charge in [0.2, 0.25) is 0 Å². The van der Waals surface area contributed by atoms with Gasteiger partial charge in [-0.25, -0.2) is 4.68 Å². The fourth-order valence-corrected chi connectivity index (χ4v) is 2.50. The van der Waals surface area contributed by atoms with Crippen molar-refractivity contribution >= 4 is 16.8 Å². The van der Waals surface area contributed by atoms with Gasteiger partial charge in [-0.3, -0.25) is 4.79 Å². The Balaban J connectivity index is 1.66. The van der Waals surface area contributed by atoms with E-state index in [1.165, 1.54) is 14.0 Å². The molecule has 7 heteroatoms. The topological polar surface area (TPSA) is 86.5 Å². The van der Waals surface area contributed by atoms with Gasteiger partial charge in [-0.05, 0) is 37.3 Å². The van der Waals surface area contributed by atoms with Gasteiger partial charge < -0.3 is 14.6 Å². The van der Waals surface area contributed by atoms with Crippen LogP contribution < -0.4 is 9.47 Å². The van der Waals surface area contributed by atoms with E-state index in [1.54, 1.807) is 22.9 Å². The molecule has 0 radical (unpaired) electrons. The average Bonchev–Trinajstić information content (AvgIpc) is 3.02. The highest BCUT2D eigenvalue weighted by Crippen LogP contribution is 2.28. The van der Waals surface area contributed by atoms with E-state index in [1.807, 2.05) is 24.3 Å². The number of nitrogens with zero attached hydrogens (tertiary/aromatic N) is 3. The predicted octanol–water partition coefficient (Wildman–Crippen LogP) is 2.08. The van der Waals surface area contributed by atoms with Crippen molar-refractivity contribution in [3.05, 3.63) is 48.0 Å². The van der Waals surface area contributed by atoms with Crippen molar-refractivity contribution in [2.45, 2.75) is 19.6 Å². The summed E-state index contributed by atoms with van der Waals surface area (Å²) in [5, 5.41) is 18.3. The van der Waals surface area contributed by atoms with Gasteiger partial charge in [0.15, 0.2) is 17.3 Å². The van der Waals surface area contributed by atoms with Gasteiger partial charge in [-0.1, -0.05) is 17.3 Å². The number of rotatable bonds is 7. The Kier molecular flexibility index (Phi) is 4.95. The smallest absolute Gasteiger partial charge is 0.161 e. The van der Waals surface area contributed by atoms with Crippen LogP contribution in [0.15, 0.2) is 42.5 Å². The molecule has 0 fully saturated rings. The minimum absolute atomic E-state index is 0.0528. The van der Waals surface area contributed by atoms with Crippen molar-refractivity contribution in [1.29, 1.82) is 0 Å². The van der Waals surface area contributed by atoms with Gasteiger partial charge in [0.1, 0.15) is 18.2 Å². The molecule has 0 unspecified atom stereocenters. The number of aliphatic hydroxyl groups excluding tert-OH is 1. The van der Waals surface area contributed by atoms with Gasteiger partial charge in [0.25, 0.3) is 0 Å². The van der Waals surface area contributed by atoms with Crippen LogP contribution in [0.1, 0.15) is 17.3 Å². The number of hydrogen-bond donors (Lipinski definition) is 1. The number of aromatic nitrogens is 3. The summed E-state index contributed by atoms with van der Waals surface area (Å²) >= 11 is 0. The Morgan fingerprint density at radius 2 is 2.04 bits per heavy atom. The summed E-state index contributed by atoms with van der Waals surface area (Å²) in [5.41, 5.74) is 2.17. The molecule has 25 heavy (non-hydrogen) atoms. The summed E-state index contributed by atoms with van der Waals surface area (Å²) < 4.78 is 12.5. The largest absolute Gasteiger partial charge is 0.493 e. The minimum atomic E-state index is -0.776. The Morgan fingerprint density at radius 1 is 1.24 bits per heavy atom. The predicted molar refractivity (Wildman–Crippen MR) is 92.0 cm³/mol. The van der Waals surface area contributed by atoms with Gasteiger partial charge in [-0.15, -0.1) is 5.10 Å². The Labute approximate surface area is 144 Å². The molecule has 0 bridgehead atoms. The second kappa shape index (κ2) is 7.31. The van der Waals surface area contributed by atoms with Crippen molar-refractivity contribution in [3.8, 4) is 11.5 Å². The van der Waals surface area contributed by atoms with Crippen molar-refractivity contribution in [2.75, 3.05) is 13.7 Å². The first-order valence-electron chi connectivity index (χ1n) is 7.86. The summed E-state index contributed by atoms with van der Waals surface area (Å²) in [4.78, 5) is 11.4. The third kappa shape index (κ3) is 3.77. The van der Waals surface area contributed by atoms with E-state index in [0.29, 0.717) is 17.1 Å². The lowest BCUT2D eigenvalue weighted by Crippen LogP contribution is -2.24. The first-order valence-corrected chi connectivity index (χ1v) is 7.86. The second-order valence-electron chi connectivity index (χ2n) is 5.65. The monoisotopic (exact) mass is 341 g/mol. The molecule has 3 aromatic rings. The van der Waals surface area contributed by atoms with E-state index >= 15 is 0 Å². The average molecular weight is 341 g/mol. The summed E-state index contributed by atoms with van der Waals surface area (Å²) in [6.45, 7) is 1.81. The van der Waals surface area contributed by atoms with Crippen molar-refractivity contribution in [2.24, 2.45) is 0 Å². The number of hydrogen-bond acceptors (Lipinski definition) is 6. The van der Waals surface area contributed by atoms with Crippen molar-refractivity contribution in [3.63, 3.8) is 0 Å². The number of Topliss-reactive ketones (excluding diaryl/α,β-unsaturated/α-hetero) is 1. The van der Waals surface area contributed by atoms with E-state index in [-0.39, 0.29) is 18.9 Å². The maximum Gasteiger partial charge on any atom is 0.161 e. The lowest BCUT2D eigenvalue weighted by Gasteiger charge is -2.15.